The fraction of sp³-hybridized carbons (Fsp3) is 0.679. The van der Waals surface area contributed by atoms with Gasteiger partial charge >= 0.3 is 0 Å². The van der Waals surface area contributed by atoms with Crippen molar-refractivity contribution in [2.24, 2.45) is 5.41 Å². The lowest BCUT2D eigenvalue weighted by Crippen LogP contribution is -2.54. The molecule has 2 atom stereocenters. The maximum Gasteiger partial charge on any atom is 0.240 e. The van der Waals surface area contributed by atoms with Gasteiger partial charge in [0.2, 0.25) is 11.8 Å². The molecule has 0 radical (unpaired) electrons. The minimum absolute atomic E-state index is 0.0540. The molecule has 3 rings (SSSR count). The molecule has 1 aromatic rings. The number of halogens is 1. The predicted molar refractivity (Wildman–Crippen MR) is 144 cm³/mol. The molecular formula is C28H43ClN4O3. The van der Waals surface area contributed by atoms with Crippen LogP contribution in [0.25, 0.3) is 0 Å². The number of hydrogen-bond donors (Lipinski definition) is 1. The molecule has 1 N–H and O–H groups in total. The Hall–Kier alpha value is -1.96. The number of hydrogen-bond acceptors (Lipinski definition) is 5. The maximum absolute atomic E-state index is 13.7. The van der Waals surface area contributed by atoms with Gasteiger partial charge in [-0.2, -0.15) is 0 Å². The van der Waals surface area contributed by atoms with E-state index in [-0.39, 0.29) is 29.9 Å². The van der Waals surface area contributed by atoms with Crippen LogP contribution >= 0.6 is 11.6 Å². The molecule has 36 heavy (non-hydrogen) atoms. The summed E-state index contributed by atoms with van der Waals surface area (Å²) in [7, 11) is 4.03. The van der Waals surface area contributed by atoms with E-state index in [9.17, 15) is 14.4 Å². The van der Waals surface area contributed by atoms with Gasteiger partial charge in [0.1, 0.15) is 6.29 Å². The Balaban J connectivity index is 1.74. The first-order valence-electron chi connectivity index (χ1n) is 13.3. The maximum atomic E-state index is 13.7. The van der Waals surface area contributed by atoms with Crippen LogP contribution in [0.2, 0.25) is 5.02 Å². The Labute approximate surface area is 221 Å². The van der Waals surface area contributed by atoms with Gasteiger partial charge in [0.15, 0.2) is 0 Å². The molecule has 1 saturated heterocycles. The number of aldehydes is 1. The summed E-state index contributed by atoms with van der Waals surface area (Å²) in [5, 5.41) is 4.14. The van der Waals surface area contributed by atoms with E-state index >= 15 is 0 Å². The Bertz CT molecular complexity index is 883. The Morgan fingerprint density at radius 2 is 1.78 bits per heavy atom. The highest BCUT2D eigenvalue weighted by atomic mass is 35.5. The minimum Gasteiger partial charge on any atom is -0.339 e. The van der Waals surface area contributed by atoms with Crippen molar-refractivity contribution >= 4 is 29.7 Å². The molecule has 2 fully saturated rings. The van der Waals surface area contributed by atoms with Crippen molar-refractivity contribution in [3.8, 4) is 0 Å². The summed E-state index contributed by atoms with van der Waals surface area (Å²) in [6.07, 6.45) is 7.42. The van der Waals surface area contributed by atoms with Crippen molar-refractivity contribution in [2.75, 3.05) is 40.3 Å². The first kappa shape index (κ1) is 28.6. The lowest BCUT2D eigenvalue weighted by molar-refractivity contribution is -0.149. The Morgan fingerprint density at radius 3 is 2.39 bits per heavy atom. The number of likely N-dealkylation sites (tertiary alicyclic amines) is 1. The van der Waals surface area contributed by atoms with E-state index < -0.39 is 5.41 Å². The lowest BCUT2D eigenvalue weighted by Gasteiger charge is -2.41. The number of likely N-dealkylation sites (N-methyl/N-ethyl adjacent to an activating group) is 1. The summed E-state index contributed by atoms with van der Waals surface area (Å²) in [6.45, 7) is 6.07. The molecule has 1 aromatic carbocycles. The van der Waals surface area contributed by atoms with Crippen molar-refractivity contribution in [2.45, 2.75) is 76.9 Å². The zero-order valence-corrected chi connectivity index (χ0v) is 23.1. The van der Waals surface area contributed by atoms with Crippen LogP contribution < -0.4 is 5.32 Å². The van der Waals surface area contributed by atoms with Gasteiger partial charge in [-0.25, -0.2) is 0 Å². The molecule has 200 valence electrons. The molecule has 2 amide bonds. The van der Waals surface area contributed by atoms with Crippen molar-refractivity contribution in [3.63, 3.8) is 0 Å². The first-order chi connectivity index (χ1) is 17.1. The molecule has 0 spiro atoms. The number of carbonyl (C=O) groups excluding carboxylic acids is 3. The van der Waals surface area contributed by atoms with Gasteiger partial charge in [-0.15, -0.1) is 0 Å². The first-order valence-corrected chi connectivity index (χ1v) is 13.7. The topological polar surface area (TPSA) is 73.0 Å². The quantitative estimate of drug-likeness (QED) is 0.359. The third kappa shape index (κ3) is 7.53. The predicted octanol–water partition coefficient (Wildman–Crippen LogP) is 3.39. The summed E-state index contributed by atoms with van der Waals surface area (Å²) in [6, 6.07) is 7.38. The van der Waals surface area contributed by atoms with Crippen molar-refractivity contribution in [1.82, 2.24) is 20.0 Å². The number of nitrogens with zero attached hydrogens (tertiary/aromatic N) is 3. The van der Waals surface area contributed by atoms with Crippen LogP contribution in [0.3, 0.4) is 0 Å². The monoisotopic (exact) mass is 518 g/mol. The van der Waals surface area contributed by atoms with Gasteiger partial charge in [0, 0.05) is 37.2 Å². The summed E-state index contributed by atoms with van der Waals surface area (Å²) in [5.74, 6) is -0.0394. The van der Waals surface area contributed by atoms with E-state index in [1.165, 1.54) is 6.42 Å². The van der Waals surface area contributed by atoms with Gasteiger partial charge in [0.05, 0.1) is 17.5 Å². The Morgan fingerprint density at radius 1 is 1.11 bits per heavy atom. The van der Waals surface area contributed by atoms with Crippen LogP contribution in [0.4, 0.5) is 0 Å². The van der Waals surface area contributed by atoms with E-state index in [0.717, 1.165) is 50.5 Å². The molecule has 0 unspecified atom stereocenters. The van der Waals surface area contributed by atoms with Crippen LogP contribution in [0.5, 0.6) is 0 Å². The van der Waals surface area contributed by atoms with Gasteiger partial charge in [-0.05, 0) is 71.3 Å². The number of benzene rings is 1. The van der Waals surface area contributed by atoms with Crippen molar-refractivity contribution < 1.29 is 14.4 Å². The summed E-state index contributed by atoms with van der Waals surface area (Å²) in [4.78, 5) is 45.0. The van der Waals surface area contributed by atoms with Crippen molar-refractivity contribution in [3.05, 3.63) is 34.9 Å². The minimum atomic E-state index is -1.06. The molecule has 0 bridgehead atoms. The molecule has 8 heteroatoms. The van der Waals surface area contributed by atoms with Crippen LogP contribution in [-0.4, -0.2) is 91.2 Å². The highest BCUT2D eigenvalue weighted by Gasteiger charge is 2.42. The van der Waals surface area contributed by atoms with E-state index in [4.69, 9.17) is 11.6 Å². The smallest absolute Gasteiger partial charge is 0.240 e. The number of amides is 2. The summed E-state index contributed by atoms with van der Waals surface area (Å²) >= 11 is 6.06. The van der Waals surface area contributed by atoms with Crippen LogP contribution in [0.1, 0.15) is 57.9 Å². The van der Waals surface area contributed by atoms with Crippen LogP contribution in [0.15, 0.2) is 24.3 Å². The second-order valence-electron chi connectivity index (χ2n) is 11.2. The number of nitrogens with one attached hydrogen (secondary N) is 1. The average Bonchev–Trinajstić information content (AvgIpc) is 3.34. The number of carbonyl (C=O) groups is 3. The normalized spacial score (nSPS) is 19.9. The lowest BCUT2D eigenvalue weighted by atomic mass is 9.88. The highest BCUT2D eigenvalue weighted by Crippen LogP contribution is 2.31. The van der Waals surface area contributed by atoms with E-state index in [1.807, 2.05) is 48.2 Å². The standard InChI is InChI=1S/C28H43ClN4O3/c1-28(2,20-34)27(36)33(23-8-6-5-7-9-23)24-14-16-32(19-24)26(35)25(30-15-17-31(3)4)18-21-10-12-22(29)13-11-21/h10-13,20,23-25,30H,5-9,14-19H2,1-4H3/t24-,25+/m0/s1. The van der Waals surface area contributed by atoms with E-state index in [1.54, 1.807) is 13.8 Å². The van der Waals surface area contributed by atoms with Gasteiger partial charge in [-0.3, -0.25) is 9.59 Å². The molecule has 1 aliphatic heterocycles. The zero-order chi connectivity index (χ0) is 26.3. The SMILES string of the molecule is CN(C)CCN[C@H](Cc1ccc(Cl)cc1)C(=O)N1CC[C@H](N(C(=O)C(C)(C)C=O)C2CCCCC2)C1. The van der Waals surface area contributed by atoms with Crippen LogP contribution in [0, 0.1) is 5.41 Å². The van der Waals surface area contributed by atoms with Gasteiger partial charge in [-0.1, -0.05) is 43.0 Å². The van der Waals surface area contributed by atoms with E-state index in [2.05, 4.69) is 10.2 Å². The fourth-order valence-electron chi connectivity index (χ4n) is 5.33. The second kappa shape index (κ2) is 13.0. The van der Waals surface area contributed by atoms with E-state index in [0.29, 0.717) is 31.1 Å². The Kier molecular flexibility index (Phi) is 10.3. The second-order valence-corrected chi connectivity index (χ2v) is 11.6. The average molecular weight is 519 g/mol. The molecule has 7 nitrogen and oxygen atoms in total. The molecule has 1 saturated carbocycles. The third-order valence-electron chi connectivity index (χ3n) is 7.52. The third-order valence-corrected chi connectivity index (χ3v) is 7.77. The molecule has 1 heterocycles. The summed E-state index contributed by atoms with van der Waals surface area (Å²) < 4.78 is 0. The van der Waals surface area contributed by atoms with Gasteiger partial charge < -0.3 is 24.8 Å². The zero-order valence-electron chi connectivity index (χ0n) is 22.3. The molecular weight excluding hydrogens is 476 g/mol. The molecule has 2 aliphatic rings. The molecule has 1 aliphatic carbocycles. The fourth-order valence-corrected chi connectivity index (χ4v) is 5.45. The molecule has 0 aromatic heterocycles. The highest BCUT2D eigenvalue weighted by molar-refractivity contribution is 6.30. The largest absolute Gasteiger partial charge is 0.339 e. The van der Waals surface area contributed by atoms with Crippen molar-refractivity contribution in [1.29, 1.82) is 0 Å². The van der Waals surface area contributed by atoms with Gasteiger partial charge in [0.25, 0.3) is 0 Å². The summed E-state index contributed by atoms with van der Waals surface area (Å²) in [5.41, 5.74) is -0.00250. The van der Waals surface area contributed by atoms with Crippen LogP contribution in [-0.2, 0) is 20.8 Å². The number of rotatable bonds is 11.